The molecule has 6 heteroatoms. The van der Waals surface area contributed by atoms with Gasteiger partial charge in [0.2, 0.25) is 5.91 Å². The van der Waals surface area contributed by atoms with Gasteiger partial charge in [0.15, 0.2) is 0 Å². The molecule has 1 amide bonds. The molecule has 2 aromatic rings. The van der Waals surface area contributed by atoms with Gasteiger partial charge in [0.25, 0.3) is 5.56 Å². The number of carbonyl (C=O) groups is 1. The lowest BCUT2D eigenvalue weighted by atomic mass is 10.0. The molecule has 0 saturated carbocycles. The Morgan fingerprint density at radius 1 is 1.32 bits per heavy atom. The molecule has 1 aliphatic heterocycles. The van der Waals surface area contributed by atoms with Crippen molar-refractivity contribution in [1.82, 2.24) is 15.1 Å². The van der Waals surface area contributed by atoms with E-state index in [2.05, 4.69) is 10.4 Å². The number of nitrogens with one attached hydrogen (secondary N) is 1. The largest absolute Gasteiger partial charge is 0.376 e. The Labute approximate surface area is 146 Å². The highest BCUT2D eigenvalue weighted by molar-refractivity contribution is 5.75. The monoisotopic (exact) mass is 341 g/mol. The Morgan fingerprint density at radius 3 is 2.92 bits per heavy atom. The summed E-state index contributed by atoms with van der Waals surface area (Å²) in [5.74, 6) is -0.233. The molecule has 1 N–H and O–H groups in total. The third kappa shape index (κ3) is 4.33. The minimum atomic E-state index is -0.290. The molecule has 0 spiro atoms. The molecule has 1 aromatic heterocycles. The summed E-state index contributed by atoms with van der Waals surface area (Å²) in [6, 6.07) is 9.25. The van der Waals surface area contributed by atoms with Crippen LogP contribution in [0.5, 0.6) is 0 Å². The normalized spacial score (nSPS) is 16.8. The first-order valence-electron chi connectivity index (χ1n) is 8.57. The molecule has 0 bridgehead atoms. The number of benzene rings is 1. The molecule has 1 saturated heterocycles. The van der Waals surface area contributed by atoms with Crippen LogP contribution in [0.2, 0.25) is 0 Å². The van der Waals surface area contributed by atoms with Crippen molar-refractivity contribution in [3.05, 3.63) is 51.8 Å². The summed E-state index contributed by atoms with van der Waals surface area (Å²) in [5, 5.41) is 7.19. The average molecular weight is 341 g/mol. The van der Waals surface area contributed by atoms with Gasteiger partial charge in [-0.1, -0.05) is 17.7 Å². The maximum atomic E-state index is 12.1. The Hall–Kier alpha value is -2.47. The summed E-state index contributed by atoms with van der Waals surface area (Å²) in [4.78, 5) is 24.2. The van der Waals surface area contributed by atoms with Gasteiger partial charge in [0.1, 0.15) is 6.54 Å². The van der Waals surface area contributed by atoms with Crippen LogP contribution in [0.25, 0.3) is 11.3 Å². The second kappa shape index (κ2) is 7.61. The van der Waals surface area contributed by atoms with Crippen LogP contribution in [-0.4, -0.2) is 34.9 Å². The Kier molecular flexibility index (Phi) is 5.28. The minimum Gasteiger partial charge on any atom is -0.376 e. The first-order chi connectivity index (χ1) is 12.0. The van der Waals surface area contributed by atoms with Crippen LogP contribution in [0.15, 0.2) is 35.1 Å². The molecule has 2 heterocycles. The highest BCUT2D eigenvalue weighted by atomic mass is 16.5. The summed E-state index contributed by atoms with van der Waals surface area (Å²) >= 11 is 0. The molecule has 6 nitrogen and oxygen atoms in total. The number of aryl methyl sites for hydroxylation is 2. The van der Waals surface area contributed by atoms with Gasteiger partial charge < -0.3 is 10.1 Å². The van der Waals surface area contributed by atoms with E-state index in [-0.39, 0.29) is 24.1 Å². The zero-order chi connectivity index (χ0) is 17.8. The van der Waals surface area contributed by atoms with Crippen molar-refractivity contribution in [2.75, 3.05) is 13.2 Å². The van der Waals surface area contributed by atoms with Gasteiger partial charge in [-0.2, -0.15) is 5.10 Å². The van der Waals surface area contributed by atoms with Crippen LogP contribution in [0.1, 0.15) is 24.0 Å². The standard InChI is InChI=1S/C19H23N3O3/c1-13-5-6-14(2)16(10-13)17-7-8-19(24)22(21-17)12-18(23)20-11-15-4-3-9-25-15/h5-8,10,15H,3-4,9,11-12H2,1-2H3,(H,20,23). The van der Waals surface area contributed by atoms with E-state index >= 15 is 0 Å². The molecule has 1 fully saturated rings. The van der Waals surface area contributed by atoms with Gasteiger partial charge in [-0.3, -0.25) is 9.59 Å². The predicted octanol–water partition coefficient (Wildman–Crippen LogP) is 1.82. The first-order valence-corrected chi connectivity index (χ1v) is 8.57. The summed E-state index contributed by atoms with van der Waals surface area (Å²) < 4.78 is 6.69. The first kappa shape index (κ1) is 17.4. The van der Waals surface area contributed by atoms with E-state index in [9.17, 15) is 9.59 Å². The third-order valence-corrected chi connectivity index (χ3v) is 4.38. The fraction of sp³-hybridized carbons (Fsp3) is 0.421. The van der Waals surface area contributed by atoms with Crippen molar-refractivity contribution >= 4 is 5.91 Å². The quantitative estimate of drug-likeness (QED) is 0.900. The van der Waals surface area contributed by atoms with E-state index in [4.69, 9.17) is 4.74 Å². The zero-order valence-corrected chi connectivity index (χ0v) is 14.6. The third-order valence-electron chi connectivity index (χ3n) is 4.38. The fourth-order valence-corrected chi connectivity index (χ4v) is 2.94. The van der Waals surface area contributed by atoms with Crippen molar-refractivity contribution in [2.45, 2.75) is 39.3 Å². The number of amides is 1. The topological polar surface area (TPSA) is 73.2 Å². The van der Waals surface area contributed by atoms with Crippen LogP contribution in [0.3, 0.4) is 0 Å². The second-order valence-electron chi connectivity index (χ2n) is 6.47. The van der Waals surface area contributed by atoms with Gasteiger partial charge in [-0.15, -0.1) is 0 Å². The summed E-state index contributed by atoms with van der Waals surface area (Å²) in [6.07, 6.45) is 2.06. The average Bonchev–Trinajstić information content (AvgIpc) is 3.11. The number of hydrogen-bond donors (Lipinski definition) is 1. The van der Waals surface area contributed by atoms with Gasteiger partial charge in [-0.05, 0) is 44.4 Å². The molecule has 25 heavy (non-hydrogen) atoms. The van der Waals surface area contributed by atoms with Crippen LogP contribution in [-0.2, 0) is 16.1 Å². The van der Waals surface area contributed by atoms with Crippen LogP contribution in [0.4, 0.5) is 0 Å². The zero-order valence-electron chi connectivity index (χ0n) is 14.6. The maximum absolute atomic E-state index is 12.1. The van der Waals surface area contributed by atoms with Crippen molar-refractivity contribution in [1.29, 1.82) is 0 Å². The second-order valence-corrected chi connectivity index (χ2v) is 6.47. The Bertz CT molecular complexity index is 823. The van der Waals surface area contributed by atoms with Crippen molar-refractivity contribution in [3.8, 4) is 11.3 Å². The number of ether oxygens (including phenoxy) is 1. The molecular formula is C19H23N3O3. The lowest BCUT2D eigenvalue weighted by Gasteiger charge is -2.12. The lowest BCUT2D eigenvalue weighted by molar-refractivity contribution is -0.122. The fourth-order valence-electron chi connectivity index (χ4n) is 2.94. The smallest absolute Gasteiger partial charge is 0.267 e. The van der Waals surface area contributed by atoms with Crippen LogP contribution < -0.4 is 10.9 Å². The molecule has 132 valence electrons. The molecule has 0 aliphatic carbocycles. The highest BCUT2D eigenvalue weighted by Gasteiger charge is 2.16. The Balaban J connectivity index is 1.74. The van der Waals surface area contributed by atoms with E-state index in [0.29, 0.717) is 12.2 Å². The van der Waals surface area contributed by atoms with Crippen molar-refractivity contribution in [3.63, 3.8) is 0 Å². The van der Waals surface area contributed by atoms with Crippen molar-refractivity contribution < 1.29 is 9.53 Å². The number of rotatable bonds is 5. The van der Waals surface area contributed by atoms with Crippen LogP contribution >= 0.6 is 0 Å². The van der Waals surface area contributed by atoms with E-state index in [1.807, 2.05) is 32.0 Å². The number of carbonyl (C=O) groups excluding carboxylic acids is 1. The summed E-state index contributed by atoms with van der Waals surface area (Å²) in [7, 11) is 0. The minimum absolute atomic E-state index is 0.0786. The van der Waals surface area contributed by atoms with E-state index in [0.717, 1.165) is 36.1 Å². The SMILES string of the molecule is Cc1ccc(C)c(-c2ccc(=O)n(CC(=O)NCC3CCCO3)n2)c1. The number of aromatic nitrogens is 2. The molecule has 0 radical (unpaired) electrons. The highest BCUT2D eigenvalue weighted by Crippen LogP contribution is 2.21. The molecular weight excluding hydrogens is 318 g/mol. The number of hydrogen-bond acceptors (Lipinski definition) is 4. The Morgan fingerprint density at radius 2 is 2.16 bits per heavy atom. The van der Waals surface area contributed by atoms with Gasteiger partial charge in [0.05, 0.1) is 11.8 Å². The van der Waals surface area contributed by atoms with Gasteiger partial charge in [-0.25, -0.2) is 4.68 Å². The number of nitrogens with zero attached hydrogens (tertiary/aromatic N) is 2. The molecule has 1 aliphatic rings. The van der Waals surface area contributed by atoms with E-state index in [1.54, 1.807) is 6.07 Å². The predicted molar refractivity (Wildman–Crippen MR) is 95.4 cm³/mol. The molecule has 1 unspecified atom stereocenters. The van der Waals surface area contributed by atoms with Gasteiger partial charge >= 0.3 is 0 Å². The molecule has 1 aromatic carbocycles. The molecule has 1 atom stereocenters. The molecule has 3 rings (SSSR count). The maximum Gasteiger partial charge on any atom is 0.267 e. The summed E-state index contributed by atoms with van der Waals surface area (Å²) in [5.41, 5.74) is 3.56. The summed E-state index contributed by atoms with van der Waals surface area (Å²) in [6.45, 7) is 5.14. The van der Waals surface area contributed by atoms with E-state index in [1.165, 1.54) is 10.7 Å². The lowest BCUT2D eigenvalue weighted by Crippen LogP contribution is -2.37. The van der Waals surface area contributed by atoms with Crippen LogP contribution in [0, 0.1) is 13.8 Å². The van der Waals surface area contributed by atoms with Crippen molar-refractivity contribution in [2.24, 2.45) is 0 Å². The van der Waals surface area contributed by atoms with Gasteiger partial charge in [0, 0.05) is 24.8 Å². The van der Waals surface area contributed by atoms with E-state index < -0.39 is 0 Å².